The first-order valence-corrected chi connectivity index (χ1v) is 11.1. The van der Waals surface area contributed by atoms with Gasteiger partial charge in [-0.25, -0.2) is 0 Å². The van der Waals surface area contributed by atoms with E-state index >= 15 is 0 Å². The first-order valence-electron chi connectivity index (χ1n) is 11.1. The fourth-order valence-electron chi connectivity index (χ4n) is 4.39. The molecule has 6 heteroatoms. The van der Waals surface area contributed by atoms with Crippen LogP contribution in [0.2, 0.25) is 0 Å². The van der Waals surface area contributed by atoms with Crippen LogP contribution in [-0.4, -0.2) is 61.5 Å². The number of para-hydroxylation sites is 1. The third-order valence-corrected chi connectivity index (χ3v) is 6.12. The van der Waals surface area contributed by atoms with Crippen LogP contribution in [0.15, 0.2) is 48.5 Å². The van der Waals surface area contributed by atoms with Crippen molar-refractivity contribution >= 4 is 11.8 Å². The number of nitrogens with zero attached hydrogens (tertiary/aromatic N) is 2. The number of ether oxygens (including phenoxy) is 2. The van der Waals surface area contributed by atoms with Crippen LogP contribution in [0, 0.1) is 5.92 Å². The molecule has 31 heavy (non-hydrogen) atoms. The van der Waals surface area contributed by atoms with Gasteiger partial charge in [-0.1, -0.05) is 12.1 Å². The summed E-state index contributed by atoms with van der Waals surface area (Å²) in [5.74, 6) is 1.74. The number of carbonyl (C=O) groups excluding carboxylic acids is 2. The summed E-state index contributed by atoms with van der Waals surface area (Å²) in [4.78, 5) is 29.2. The highest BCUT2D eigenvalue weighted by Crippen LogP contribution is 2.24. The molecule has 2 aromatic rings. The zero-order chi connectivity index (χ0) is 21.6. The molecule has 0 saturated carbocycles. The van der Waals surface area contributed by atoms with Gasteiger partial charge in [-0.2, -0.15) is 0 Å². The van der Waals surface area contributed by atoms with Crippen LogP contribution in [-0.2, 0) is 0 Å². The average Bonchev–Trinajstić information content (AvgIpc) is 3.37. The second-order valence-corrected chi connectivity index (χ2v) is 8.29. The van der Waals surface area contributed by atoms with Crippen molar-refractivity contribution in [3.63, 3.8) is 0 Å². The van der Waals surface area contributed by atoms with E-state index in [9.17, 15) is 9.59 Å². The summed E-state index contributed by atoms with van der Waals surface area (Å²) in [5, 5.41) is 0. The van der Waals surface area contributed by atoms with Crippen LogP contribution in [0.1, 0.15) is 46.4 Å². The molecule has 0 radical (unpaired) electrons. The topological polar surface area (TPSA) is 59.1 Å². The number of likely N-dealkylation sites (tertiary alicyclic amines) is 2. The minimum Gasteiger partial charge on any atom is -0.496 e. The van der Waals surface area contributed by atoms with Crippen molar-refractivity contribution in [1.29, 1.82) is 0 Å². The van der Waals surface area contributed by atoms with Crippen LogP contribution in [0.25, 0.3) is 0 Å². The quantitative estimate of drug-likeness (QED) is 0.709. The molecule has 6 nitrogen and oxygen atoms in total. The molecule has 164 valence electrons. The monoisotopic (exact) mass is 422 g/mol. The van der Waals surface area contributed by atoms with E-state index in [1.165, 1.54) is 0 Å². The molecule has 0 N–H and O–H groups in total. The van der Waals surface area contributed by atoms with Crippen LogP contribution < -0.4 is 9.47 Å². The molecule has 2 fully saturated rings. The molecule has 0 bridgehead atoms. The minimum atomic E-state index is 0.00641. The Labute approximate surface area is 183 Å². The molecular weight excluding hydrogens is 392 g/mol. The maximum absolute atomic E-state index is 13.0. The van der Waals surface area contributed by atoms with Gasteiger partial charge in [0.15, 0.2) is 0 Å². The summed E-state index contributed by atoms with van der Waals surface area (Å²) in [6.07, 6.45) is 4.16. The van der Waals surface area contributed by atoms with E-state index in [0.29, 0.717) is 30.0 Å². The van der Waals surface area contributed by atoms with Gasteiger partial charge < -0.3 is 19.3 Å². The van der Waals surface area contributed by atoms with E-state index in [4.69, 9.17) is 9.47 Å². The van der Waals surface area contributed by atoms with Crippen LogP contribution >= 0.6 is 0 Å². The first-order chi connectivity index (χ1) is 15.2. The second kappa shape index (κ2) is 9.86. The Balaban J connectivity index is 1.31. The van der Waals surface area contributed by atoms with E-state index in [-0.39, 0.29) is 17.7 Å². The summed E-state index contributed by atoms with van der Waals surface area (Å²) in [6, 6.07) is 14.8. The number of hydrogen-bond donors (Lipinski definition) is 0. The Morgan fingerprint density at radius 2 is 1.61 bits per heavy atom. The van der Waals surface area contributed by atoms with Gasteiger partial charge in [0.05, 0.1) is 19.3 Å². The smallest absolute Gasteiger partial charge is 0.257 e. The Bertz CT molecular complexity index is 906. The van der Waals surface area contributed by atoms with Gasteiger partial charge in [-0.3, -0.25) is 9.59 Å². The molecule has 0 aliphatic carbocycles. The maximum Gasteiger partial charge on any atom is 0.257 e. The zero-order valence-corrected chi connectivity index (χ0v) is 18.1. The maximum atomic E-state index is 13.0. The Morgan fingerprint density at radius 3 is 2.35 bits per heavy atom. The number of piperidine rings is 1. The number of carbonyl (C=O) groups is 2. The van der Waals surface area contributed by atoms with Crippen LogP contribution in [0.3, 0.4) is 0 Å². The minimum absolute atomic E-state index is 0.00641. The Morgan fingerprint density at radius 1 is 0.903 bits per heavy atom. The molecule has 0 aromatic heterocycles. The third kappa shape index (κ3) is 5.01. The van der Waals surface area contributed by atoms with Crippen molar-refractivity contribution in [3.8, 4) is 11.5 Å². The van der Waals surface area contributed by atoms with Gasteiger partial charge in [0.1, 0.15) is 11.5 Å². The summed E-state index contributed by atoms with van der Waals surface area (Å²) < 4.78 is 11.3. The number of methoxy groups -OCH3 is 1. The van der Waals surface area contributed by atoms with Gasteiger partial charge in [-0.15, -0.1) is 0 Å². The molecule has 2 amide bonds. The largest absolute Gasteiger partial charge is 0.496 e. The average molecular weight is 423 g/mol. The standard InChI is InChI=1S/C25H30N2O4/c1-30-23-9-3-2-8-22(23)25(29)27-16-6-7-19(17-27)18-31-21-12-10-20(11-13-21)24(28)26-14-4-5-15-26/h2-3,8-13,19H,4-7,14-18H2,1H3/t19-/m0/s1. The third-order valence-electron chi connectivity index (χ3n) is 6.12. The van der Waals surface area contributed by atoms with Crippen molar-refractivity contribution in [1.82, 2.24) is 9.80 Å². The second-order valence-electron chi connectivity index (χ2n) is 8.29. The fraction of sp³-hybridized carbons (Fsp3) is 0.440. The number of hydrogen-bond acceptors (Lipinski definition) is 4. The summed E-state index contributed by atoms with van der Waals surface area (Å²) in [7, 11) is 1.59. The summed E-state index contributed by atoms with van der Waals surface area (Å²) >= 11 is 0. The summed E-state index contributed by atoms with van der Waals surface area (Å²) in [6.45, 7) is 3.67. The first kappa shape index (κ1) is 21.2. The Hall–Kier alpha value is -3.02. The van der Waals surface area contributed by atoms with Crippen LogP contribution in [0.4, 0.5) is 0 Å². The van der Waals surface area contributed by atoms with Crippen molar-refractivity contribution in [2.75, 3.05) is 39.9 Å². The van der Waals surface area contributed by atoms with Gasteiger partial charge in [-0.05, 0) is 62.1 Å². The Kier molecular flexibility index (Phi) is 6.75. The zero-order valence-electron chi connectivity index (χ0n) is 18.1. The summed E-state index contributed by atoms with van der Waals surface area (Å²) in [5.41, 5.74) is 1.31. The number of rotatable bonds is 6. The lowest BCUT2D eigenvalue weighted by Gasteiger charge is -2.33. The highest BCUT2D eigenvalue weighted by atomic mass is 16.5. The van der Waals surface area contributed by atoms with Gasteiger partial charge in [0.2, 0.25) is 0 Å². The predicted molar refractivity (Wildman–Crippen MR) is 119 cm³/mol. The van der Waals surface area contributed by atoms with E-state index in [0.717, 1.165) is 51.1 Å². The lowest BCUT2D eigenvalue weighted by Crippen LogP contribution is -2.41. The molecule has 2 aromatic carbocycles. The molecule has 2 heterocycles. The van der Waals surface area contributed by atoms with E-state index < -0.39 is 0 Å². The number of amides is 2. The molecular formula is C25H30N2O4. The SMILES string of the molecule is COc1ccccc1C(=O)N1CCC[C@H](COc2ccc(C(=O)N3CCCC3)cc2)C1. The molecule has 2 saturated heterocycles. The molecule has 0 spiro atoms. The van der Waals surface area contributed by atoms with Crippen molar-refractivity contribution in [3.05, 3.63) is 59.7 Å². The molecule has 2 aliphatic heterocycles. The van der Waals surface area contributed by atoms with Crippen molar-refractivity contribution < 1.29 is 19.1 Å². The predicted octanol–water partition coefficient (Wildman–Crippen LogP) is 3.86. The van der Waals surface area contributed by atoms with Gasteiger partial charge in [0, 0.05) is 37.7 Å². The van der Waals surface area contributed by atoms with Gasteiger partial charge in [0.25, 0.3) is 11.8 Å². The molecule has 0 unspecified atom stereocenters. The fourth-order valence-corrected chi connectivity index (χ4v) is 4.39. The highest BCUT2D eigenvalue weighted by molar-refractivity contribution is 5.97. The lowest BCUT2D eigenvalue weighted by molar-refractivity contribution is 0.0630. The van der Waals surface area contributed by atoms with Crippen molar-refractivity contribution in [2.45, 2.75) is 25.7 Å². The van der Waals surface area contributed by atoms with Crippen LogP contribution in [0.5, 0.6) is 11.5 Å². The molecule has 1 atom stereocenters. The lowest BCUT2D eigenvalue weighted by atomic mass is 9.98. The van der Waals surface area contributed by atoms with Gasteiger partial charge >= 0.3 is 0 Å². The molecule has 4 rings (SSSR count). The van der Waals surface area contributed by atoms with E-state index in [2.05, 4.69) is 0 Å². The van der Waals surface area contributed by atoms with E-state index in [1.54, 1.807) is 7.11 Å². The molecule has 2 aliphatic rings. The number of benzene rings is 2. The van der Waals surface area contributed by atoms with Crippen molar-refractivity contribution in [2.24, 2.45) is 5.92 Å². The highest BCUT2D eigenvalue weighted by Gasteiger charge is 2.26. The normalized spacial score (nSPS) is 18.7. The van der Waals surface area contributed by atoms with E-state index in [1.807, 2.05) is 58.3 Å².